The van der Waals surface area contributed by atoms with Crippen molar-refractivity contribution in [2.75, 3.05) is 0 Å². The average Bonchev–Trinajstić information content (AvgIpc) is 2.63. The van der Waals surface area contributed by atoms with E-state index in [0.717, 1.165) is 18.6 Å². The summed E-state index contributed by atoms with van der Waals surface area (Å²) in [6, 6.07) is 0.906. The molecule has 10 heavy (non-hydrogen) atoms. The number of nitrogens with one attached hydrogen (secondary N) is 1. The lowest BCUT2D eigenvalue weighted by Crippen LogP contribution is -2.26. The fourth-order valence-electron chi connectivity index (χ4n) is 1.48. The molecule has 58 valence electrons. The van der Waals surface area contributed by atoms with E-state index < -0.39 is 0 Å². The van der Waals surface area contributed by atoms with E-state index in [2.05, 4.69) is 5.32 Å². The zero-order chi connectivity index (χ0) is 7.56. The van der Waals surface area contributed by atoms with Crippen molar-refractivity contribution < 1.29 is 4.79 Å². The largest absolute Gasteiger partial charge is 0.305 e. The van der Waals surface area contributed by atoms with Crippen LogP contribution in [0.25, 0.3) is 0 Å². The molecule has 1 aliphatic carbocycles. The van der Waals surface area contributed by atoms with Gasteiger partial charge in [-0.2, -0.15) is 0 Å². The van der Waals surface area contributed by atoms with Gasteiger partial charge in [-0.25, -0.2) is 0 Å². The van der Waals surface area contributed by atoms with Gasteiger partial charge in [0.05, 0.1) is 6.04 Å². The summed E-state index contributed by atoms with van der Waals surface area (Å²) in [6.45, 7) is 4.00. The third-order valence-corrected chi connectivity index (χ3v) is 2.07. The molecule has 3 unspecified atom stereocenters. The van der Waals surface area contributed by atoms with Crippen LogP contribution in [0, 0.1) is 5.92 Å². The van der Waals surface area contributed by atoms with Gasteiger partial charge in [-0.3, -0.25) is 0 Å². The lowest BCUT2D eigenvalue weighted by atomic mass is 10.2. The number of carbonyl (C=O) groups excluding carboxylic acids is 1. The average molecular weight is 141 g/mol. The van der Waals surface area contributed by atoms with Crippen LogP contribution in [0.5, 0.6) is 0 Å². The van der Waals surface area contributed by atoms with E-state index in [1.165, 1.54) is 6.42 Å². The predicted octanol–water partition coefficient (Wildman–Crippen LogP) is 0.962. The first-order valence-electron chi connectivity index (χ1n) is 4.11. The number of aldehydes is 1. The monoisotopic (exact) mass is 141 g/mol. The van der Waals surface area contributed by atoms with Crippen molar-refractivity contribution in [2.45, 2.75) is 38.8 Å². The first kappa shape index (κ1) is 7.73. The number of hydrogen-bond donors (Lipinski definition) is 1. The Bertz CT molecular complexity index is 114. The van der Waals surface area contributed by atoms with E-state index in [4.69, 9.17) is 0 Å². The molecule has 1 saturated heterocycles. The zero-order valence-corrected chi connectivity index (χ0v) is 6.63. The fraction of sp³-hybridized carbons (Fsp3) is 0.875. The van der Waals surface area contributed by atoms with Gasteiger partial charge < -0.3 is 10.1 Å². The molecule has 0 bridgehead atoms. The third kappa shape index (κ3) is 1.37. The van der Waals surface area contributed by atoms with E-state index in [0.29, 0.717) is 6.04 Å². The number of fused-ring (bicyclic) bond motifs is 1. The molecule has 0 spiro atoms. The Morgan fingerprint density at radius 2 is 2.10 bits per heavy atom. The lowest BCUT2D eigenvalue weighted by molar-refractivity contribution is -0.109. The summed E-state index contributed by atoms with van der Waals surface area (Å²) >= 11 is 0. The maximum atomic E-state index is 10.1. The van der Waals surface area contributed by atoms with Crippen molar-refractivity contribution in [1.82, 2.24) is 5.32 Å². The van der Waals surface area contributed by atoms with Crippen molar-refractivity contribution in [2.24, 2.45) is 5.92 Å². The lowest BCUT2D eigenvalue weighted by Gasteiger charge is -2.00. The Labute approximate surface area is 62.0 Å². The van der Waals surface area contributed by atoms with Gasteiger partial charge in [0.2, 0.25) is 0 Å². The van der Waals surface area contributed by atoms with Crippen molar-refractivity contribution in [3.8, 4) is 0 Å². The first-order chi connectivity index (χ1) is 4.90. The molecule has 2 aliphatic rings. The Balaban J connectivity index is 0.000000231. The van der Waals surface area contributed by atoms with Crippen molar-refractivity contribution in [3.05, 3.63) is 0 Å². The second-order valence-electron chi connectivity index (χ2n) is 2.75. The van der Waals surface area contributed by atoms with Crippen LogP contribution in [0.15, 0.2) is 0 Å². The third-order valence-electron chi connectivity index (χ3n) is 2.07. The summed E-state index contributed by atoms with van der Waals surface area (Å²) in [5, 5.41) is 3.21. The van der Waals surface area contributed by atoms with E-state index >= 15 is 0 Å². The zero-order valence-electron chi connectivity index (χ0n) is 6.63. The van der Waals surface area contributed by atoms with Gasteiger partial charge in [-0.1, -0.05) is 13.8 Å². The van der Waals surface area contributed by atoms with Gasteiger partial charge in [-0.15, -0.1) is 0 Å². The van der Waals surface area contributed by atoms with Gasteiger partial charge in [0.15, 0.2) is 0 Å². The van der Waals surface area contributed by atoms with Crippen LogP contribution in [-0.2, 0) is 4.79 Å². The Hall–Kier alpha value is -0.370. The van der Waals surface area contributed by atoms with E-state index in [9.17, 15) is 4.79 Å². The molecular formula is C8H15NO. The van der Waals surface area contributed by atoms with Crippen molar-refractivity contribution in [1.29, 1.82) is 0 Å². The molecular weight excluding hydrogens is 126 g/mol. The maximum Gasteiger partial charge on any atom is 0.136 e. The molecule has 0 amide bonds. The molecule has 2 nitrogen and oxygen atoms in total. The van der Waals surface area contributed by atoms with E-state index in [1.807, 2.05) is 13.8 Å². The van der Waals surface area contributed by atoms with Crippen LogP contribution >= 0.6 is 0 Å². The predicted molar refractivity (Wildman–Crippen MR) is 40.8 cm³/mol. The molecule has 0 aromatic heterocycles. The topological polar surface area (TPSA) is 29.1 Å². The van der Waals surface area contributed by atoms with Crippen LogP contribution in [0.2, 0.25) is 0 Å². The van der Waals surface area contributed by atoms with Crippen molar-refractivity contribution in [3.63, 3.8) is 0 Å². The second kappa shape index (κ2) is 3.15. The summed E-state index contributed by atoms with van der Waals surface area (Å²) in [6.07, 6.45) is 3.42. The smallest absolute Gasteiger partial charge is 0.136 e. The Kier molecular flexibility index (Phi) is 2.44. The summed E-state index contributed by atoms with van der Waals surface area (Å²) < 4.78 is 0. The molecule has 1 N–H and O–H groups in total. The SMILES string of the molecule is CC.O=CC1CC2CC2N1. The highest BCUT2D eigenvalue weighted by atomic mass is 16.1. The van der Waals surface area contributed by atoms with E-state index in [1.54, 1.807) is 0 Å². The van der Waals surface area contributed by atoms with Crippen LogP contribution < -0.4 is 5.32 Å². The normalized spacial score (nSPS) is 41.2. The second-order valence-corrected chi connectivity index (χ2v) is 2.75. The molecule has 3 atom stereocenters. The molecule has 2 rings (SSSR count). The van der Waals surface area contributed by atoms with Gasteiger partial charge >= 0.3 is 0 Å². The molecule has 1 saturated carbocycles. The van der Waals surface area contributed by atoms with Gasteiger partial charge in [0.1, 0.15) is 6.29 Å². The highest BCUT2D eigenvalue weighted by Gasteiger charge is 2.45. The summed E-state index contributed by atoms with van der Waals surface area (Å²) in [4.78, 5) is 10.1. The van der Waals surface area contributed by atoms with Gasteiger partial charge in [0.25, 0.3) is 0 Å². The Morgan fingerprint density at radius 1 is 1.40 bits per heavy atom. The number of hydrogen-bond acceptors (Lipinski definition) is 2. The minimum absolute atomic E-state index is 0.193. The number of piperidine rings is 1. The molecule has 0 aromatic rings. The highest BCUT2D eigenvalue weighted by Crippen LogP contribution is 2.39. The minimum atomic E-state index is 0.193. The number of rotatable bonds is 1. The standard InChI is InChI=1S/C6H9NO.C2H6/c8-3-5-1-4-2-6(4)7-5;1-2/h3-7H,1-2H2;1-2H3. The summed E-state index contributed by atoms with van der Waals surface area (Å²) in [5.41, 5.74) is 0. The molecule has 1 aliphatic heterocycles. The fourth-order valence-corrected chi connectivity index (χ4v) is 1.48. The molecule has 0 radical (unpaired) electrons. The maximum absolute atomic E-state index is 10.1. The quantitative estimate of drug-likeness (QED) is 0.551. The summed E-state index contributed by atoms with van der Waals surface area (Å²) in [5.74, 6) is 0.852. The van der Waals surface area contributed by atoms with Crippen LogP contribution in [0.3, 0.4) is 0 Å². The van der Waals surface area contributed by atoms with Crippen LogP contribution in [0.4, 0.5) is 0 Å². The highest BCUT2D eigenvalue weighted by molar-refractivity contribution is 5.59. The van der Waals surface area contributed by atoms with Crippen molar-refractivity contribution >= 4 is 6.29 Å². The number of carbonyl (C=O) groups is 1. The minimum Gasteiger partial charge on any atom is -0.305 e. The van der Waals surface area contributed by atoms with Crippen LogP contribution in [-0.4, -0.2) is 18.4 Å². The Morgan fingerprint density at radius 3 is 2.40 bits per heavy atom. The first-order valence-corrected chi connectivity index (χ1v) is 4.11. The van der Waals surface area contributed by atoms with Crippen LogP contribution in [0.1, 0.15) is 26.7 Å². The van der Waals surface area contributed by atoms with Gasteiger partial charge in [0, 0.05) is 6.04 Å². The molecule has 2 heteroatoms. The van der Waals surface area contributed by atoms with E-state index in [-0.39, 0.29) is 6.04 Å². The molecule has 1 heterocycles. The summed E-state index contributed by atoms with van der Waals surface area (Å²) in [7, 11) is 0. The molecule has 2 fully saturated rings. The van der Waals surface area contributed by atoms with Gasteiger partial charge in [-0.05, 0) is 18.8 Å². The molecule has 0 aromatic carbocycles.